The van der Waals surface area contributed by atoms with Crippen LogP contribution in [0.5, 0.6) is 0 Å². The van der Waals surface area contributed by atoms with Crippen LogP contribution in [-0.2, 0) is 0 Å². The predicted octanol–water partition coefficient (Wildman–Crippen LogP) is 1.08. The largest absolute Gasteiger partial charge is 0.392 e. The lowest BCUT2D eigenvalue weighted by Gasteiger charge is -2.24. The lowest BCUT2D eigenvalue weighted by Crippen LogP contribution is -2.40. The van der Waals surface area contributed by atoms with Crippen molar-refractivity contribution in [1.29, 1.82) is 0 Å². The van der Waals surface area contributed by atoms with Crippen molar-refractivity contribution in [2.75, 3.05) is 33.2 Å². The Bertz CT molecular complexity index is 202. The molecule has 88 valence electrons. The molecular formula is C11H23N3S. The normalized spacial score (nSPS) is 19.7. The molecule has 1 heterocycles. The Morgan fingerprint density at radius 1 is 1.47 bits per heavy atom. The number of rotatable bonds is 6. The number of likely N-dealkylation sites (N-methyl/N-ethyl adjacent to an activating group) is 1. The Morgan fingerprint density at radius 3 is 2.60 bits per heavy atom. The van der Waals surface area contributed by atoms with Gasteiger partial charge in [-0.1, -0.05) is 12.2 Å². The summed E-state index contributed by atoms with van der Waals surface area (Å²) in [4.78, 5) is 5.37. The number of nitrogens with two attached hydrogens (primary N) is 1. The molecule has 0 aliphatic carbocycles. The summed E-state index contributed by atoms with van der Waals surface area (Å²) in [7, 11) is 2.09. The molecule has 4 heteroatoms. The van der Waals surface area contributed by atoms with Gasteiger partial charge in [0.1, 0.15) is 0 Å². The summed E-state index contributed by atoms with van der Waals surface area (Å²) in [6.07, 6.45) is 3.96. The zero-order chi connectivity index (χ0) is 11.3. The van der Waals surface area contributed by atoms with E-state index in [0.717, 1.165) is 6.54 Å². The van der Waals surface area contributed by atoms with E-state index in [0.29, 0.717) is 4.99 Å². The molecule has 1 aliphatic rings. The molecule has 0 saturated carbocycles. The first-order valence-electron chi connectivity index (χ1n) is 5.83. The first kappa shape index (κ1) is 12.9. The van der Waals surface area contributed by atoms with Gasteiger partial charge in [0.25, 0.3) is 0 Å². The van der Waals surface area contributed by atoms with Crippen molar-refractivity contribution in [2.45, 2.75) is 32.2 Å². The molecule has 0 amide bonds. The van der Waals surface area contributed by atoms with E-state index in [-0.39, 0.29) is 6.04 Å². The lowest BCUT2D eigenvalue weighted by atomic mass is 10.2. The number of thiocarbonyl (C=S) groups is 1. The van der Waals surface area contributed by atoms with E-state index in [2.05, 4.69) is 23.8 Å². The van der Waals surface area contributed by atoms with Crippen molar-refractivity contribution in [3.63, 3.8) is 0 Å². The predicted molar refractivity (Wildman–Crippen MR) is 69.2 cm³/mol. The molecule has 0 aromatic rings. The summed E-state index contributed by atoms with van der Waals surface area (Å²) in [5.41, 5.74) is 5.61. The van der Waals surface area contributed by atoms with Gasteiger partial charge in [0.15, 0.2) is 0 Å². The van der Waals surface area contributed by atoms with Crippen LogP contribution in [-0.4, -0.2) is 54.1 Å². The van der Waals surface area contributed by atoms with Crippen molar-refractivity contribution >= 4 is 17.2 Å². The van der Waals surface area contributed by atoms with E-state index in [9.17, 15) is 0 Å². The number of nitrogens with zero attached hydrogens (tertiary/aromatic N) is 2. The molecule has 0 spiro atoms. The standard InChI is InChI=1S/C11H23N3S/c1-10(11(12)15)13(2)6-5-9-14-7-3-4-8-14/h10H,3-9H2,1-2H3,(H2,12,15). The van der Waals surface area contributed by atoms with Crippen LogP contribution in [0.15, 0.2) is 0 Å². The first-order chi connectivity index (χ1) is 7.11. The van der Waals surface area contributed by atoms with E-state index in [1.54, 1.807) is 0 Å². The maximum atomic E-state index is 5.61. The van der Waals surface area contributed by atoms with Gasteiger partial charge in [-0.2, -0.15) is 0 Å². The molecule has 1 fully saturated rings. The molecule has 0 aromatic heterocycles. The molecule has 3 nitrogen and oxygen atoms in total. The highest BCUT2D eigenvalue weighted by molar-refractivity contribution is 7.80. The molecule has 0 aromatic carbocycles. The minimum atomic E-state index is 0.221. The molecule has 0 radical (unpaired) electrons. The van der Waals surface area contributed by atoms with Gasteiger partial charge in [-0.05, 0) is 59.4 Å². The third kappa shape index (κ3) is 4.45. The minimum absolute atomic E-state index is 0.221. The van der Waals surface area contributed by atoms with Gasteiger partial charge >= 0.3 is 0 Å². The zero-order valence-corrected chi connectivity index (χ0v) is 10.7. The summed E-state index contributed by atoms with van der Waals surface area (Å²) < 4.78 is 0. The molecule has 1 atom stereocenters. The van der Waals surface area contributed by atoms with Crippen molar-refractivity contribution in [2.24, 2.45) is 5.73 Å². The van der Waals surface area contributed by atoms with Crippen LogP contribution in [0, 0.1) is 0 Å². The third-order valence-electron chi connectivity index (χ3n) is 3.26. The maximum Gasteiger partial charge on any atom is 0.0899 e. The molecule has 1 rings (SSSR count). The SMILES string of the molecule is CC(C(N)=S)N(C)CCCN1CCCC1. The topological polar surface area (TPSA) is 32.5 Å². The Hall–Kier alpha value is -0.190. The van der Waals surface area contributed by atoms with Gasteiger partial charge in [-0.3, -0.25) is 4.90 Å². The summed E-state index contributed by atoms with van der Waals surface area (Å²) in [6.45, 7) is 6.94. The number of hydrogen-bond acceptors (Lipinski definition) is 3. The fraction of sp³-hybridized carbons (Fsp3) is 0.909. The van der Waals surface area contributed by atoms with Gasteiger partial charge in [-0.15, -0.1) is 0 Å². The summed E-state index contributed by atoms with van der Waals surface area (Å²) >= 11 is 4.98. The summed E-state index contributed by atoms with van der Waals surface area (Å²) in [5.74, 6) is 0. The summed E-state index contributed by atoms with van der Waals surface area (Å²) in [6, 6.07) is 0.221. The van der Waals surface area contributed by atoms with E-state index in [1.807, 2.05) is 0 Å². The maximum absolute atomic E-state index is 5.61. The van der Waals surface area contributed by atoms with Gasteiger partial charge < -0.3 is 10.6 Å². The van der Waals surface area contributed by atoms with Gasteiger partial charge in [0.05, 0.1) is 11.0 Å². The summed E-state index contributed by atoms with van der Waals surface area (Å²) in [5, 5.41) is 0. The molecule has 15 heavy (non-hydrogen) atoms. The van der Waals surface area contributed by atoms with Crippen LogP contribution >= 0.6 is 12.2 Å². The Labute approximate surface area is 98.6 Å². The molecule has 1 aliphatic heterocycles. The van der Waals surface area contributed by atoms with Crippen molar-refractivity contribution in [1.82, 2.24) is 9.80 Å². The zero-order valence-electron chi connectivity index (χ0n) is 9.91. The number of hydrogen-bond donors (Lipinski definition) is 1. The van der Waals surface area contributed by atoms with Crippen LogP contribution < -0.4 is 5.73 Å². The molecule has 1 unspecified atom stereocenters. The van der Waals surface area contributed by atoms with E-state index in [1.165, 1.54) is 38.9 Å². The average molecular weight is 229 g/mol. The molecule has 2 N–H and O–H groups in total. The fourth-order valence-corrected chi connectivity index (χ4v) is 2.14. The molecule has 1 saturated heterocycles. The minimum Gasteiger partial charge on any atom is -0.392 e. The van der Waals surface area contributed by atoms with Crippen LogP contribution in [0.4, 0.5) is 0 Å². The van der Waals surface area contributed by atoms with E-state index in [4.69, 9.17) is 18.0 Å². The average Bonchev–Trinajstić information content (AvgIpc) is 2.69. The van der Waals surface area contributed by atoms with E-state index < -0.39 is 0 Å². The van der Waals surface area contributed by atoms with Crippen molar-refractivity contribution in [3.05, 3.63) is 0 Å². The Balaban J connectivity index is 2.10. The molecule has 0 bridgehead atoms. The smallest absolute Gasteiger partial charge is 0.0899 e. The van der Waals surface area contributed by atoms with Crippen LogP contribution in [0.25, 0.3) is 0 Å². The highest BCUT2D eigenvalue weighted by Crippen LogP contribution is 2.08. The van der Waals surface area contributed by atoms with Crippen molar-refractivity contribution < 1.29 is 0 Å². The van der Waals surface area contributed by atoms with Crippen molar-refractivity contribution in [3.8, 4) is 0 Å². The second-order valence-electron chi connectivity index (χ2n) is 4.46. The second kappa shape index (κ2) is 6.40. The fourth-order valence-electron chi connectivity index (χ4n) is 1.96. The van der Waals surface area contributed by atoms with Gasteiger partial charge in [0, 0.05) is 0 Å². The monoisotopic (exact) mass is 229 g/mol. The lowest BCUT2D eigenvalue weighted by molar-refractivity contribution is 0.268. The quantitative estimate of drug-likeness (QED) is 0.691. The first-order valence-corrected chi connectivity index (χ1v) is 6.24. The highest BCUT2D eigenvalue weighted by Gasteiger charge is 2.13. The van der Waals surface area contributed by atoms with Crippen LogP contribution in [0.3, 0.4) is 0 Å². The molecular weight excluding hydrogens is 206 g/mol. The van der Waals surface area contributed by atoms with Crippen LogP contribution in [0.2, 0.25) is 0 Å². The Morgan fingerprint density at radius 2 is 2.07 bits per heavy atom. The van der Waals surface area contributed by atoms with Gasteiger partial charge in [0.2, 0.25) is 0 Å². The van der Waals surface area contributed by atoms with Gasteiger partial charge in [-0.25, -0.2) is 0 Å². The highest BCUT2D eigenvalue weighted by atomic mass is 32.1. The van der Waals surface area contributed by atoms with E-state index >= 15 is 0 Å². The Kier molecular flexibility index (Phi) is 5.50. The number of likely N-dealkylation sites (tertiary alicyclic amines) is 1. The third-order valence-corrected chi connectivity index (χ3v) is 3.60. The second-order valence-corrected chi connectivity index (χ2v) is 4.93. The van der Waals surface area contributed by atoms with Crippen LogP contribution in [0.1, 0.15) is 26.2 Å².